The van der Waals surface area contributed by atoms with Crippen LogP contribution in [0.4, 0.5) is 18.9 Å². The van der Waals surface area contributed by atoms with Crippen LogP contribution in [-0.4, -0.2) is 11.9 Å². The first kappa shape index (κ1) is 18.9. The fourth-order valence-electron chi connectivity index (χ4n) is 3.87. The van der Waals surface area contributed by atoms with Gasteiger partial charge >= 0.3 is 6.18 Å². The minimum atomic E-state index is -4.43. The lowest BCUT2D eigenvalue weighted by Gasteiger charge is -2.37. The van der Waals surface area contributed by atoms with Gasteiger partial charge in [-0.3, -0.25) is 0 Å². The van der Waals surface area contributed by atoms with Crippen LogP contribution < -0.4 is 10.7 Å². The van der Waals surface area contributed by atoms with E-state index in [-0.39, 0.29) is 17.4 Å². The summed E-state index contributed by atoms with van der Waals surface area (Å²) in [4.78, 5) is 0. The molecule has 3 atom stereocenters. The van der Waals surface area contributed by atoms with Crippen LogP contribution in [0.5, 0.6) is 0 Å². The molecule has 4 rings (SSSR count). The number of allylic oxidation sites excluding steroid dienone is 1. The van der Waals surface area contributed by atoms with Crippen molar-refractivity contribution in [2.24, 2.45) is 16.8 Å². The largest absolute Gasteiger partial charge is 0.452 e. The number of para-hydroxylation sites is 1. The van der Waals surface area contributed by atoms with E-state index in [0.29, 0.717) is 11.3 Å². The molecule has 2 aromatic rings. The Bertz CT molecular complexity index is 1020. The van der Waals surface area contributed by atoms with Crippen LogP contribution in [0.1, 0.15) is 24.0 Å². The Morgan fingerprint density at radius 2 is 1.76 bits per heavy atom. The molecule has 0 unspecified atom stereocenters. The maximum absolute atomic E-state index is 13.0. The summed E-state index contributed by atoms with van der Waals surface area (Å²) in [5.74, 6) is -0.961. The van der Waals surface area contributed by atoms with Crippen molar-refractivity contribution in [1.29, 1.82) is 5.26 Å². The van der Waals surface area contributed by atoms with Crippen LogP contribution in [0.3, 0.4) is 0 Å². The molecular formula is C21H17F3N4O. The van der Waals surface area contributed by atoms with Crippen molar-refractivity contribution in [3.8, 4) is 6.07 Å². The van der Waals surface area contributed by atoms with E-state index >= 15 is 0 Å². The summed E-state index contributed by atoms with van der Waals surface area (Å²) in [5.41, 5.74) is 7.54. The molecule has 0 aromatic heterocycles. The van der Waals surface area contributed by atoms with Crippen LogP contribution >= 0.6 is 0 Å². The molecule has 0 bridgehead atoms. The summed E-state index contributed by atoms with van der Waals surface area (Å²) >= 11 is 0. The van der Waals surface area contributed by atoms with Crippen LogP contribution in [0, 0.1) is 17.2 Å². The average Bonchev–Trinajstić information content (AvgIpc) is 3.03. The van der Waals surface area contributed by atoms with Crippen molar-refractivity contribution in [2.75, 3.05) is 5.01 Å². The highest BCUT2D eigenvalue weighted by Gasteiger charge is 2.49. The monoisotopic (exact) mass is 398 g/mol. The average molecular weight is 398 g/mol. The number of ether oxygens (including phenoxy) is 1. The van der Waals surface area contributed by atoms with Gasteiger partial charge in [-0.15, -0.1) is 0 Å². The summed E-state index contributed by atoms with van der Waals surface area (Å²) in [6.45, 7) is 1.82. The van der Waals surface area contributed by atoms with Gasteiger partial charge in [0.25, 0.3) is 0 Å². The maximum atomic E-state index is 13.0. The lowest BCUT2D eigenvalue weighted by Crippen LogP contribution is -2.43. The Labute approximate surface area is 165 Å². The number of anilines is 1. The fraction of sp³-hybridized carbons (Fsp3) is 0.238. The first-order valence-corrected chi connectivity index (χ1v) is 8.94. The van der Waals surface area contributed by atoms with Crippen molar-refractivity contribution in [2.45, 2.75) is 25.2 Å². The Morgan fingerprint density at radius 3 is 2.34 bits per heavy atom. The van der Waals surface area contributed by atoms with Crippen molar-refractivity contribution in [1.82, 2.24) is 0 Å². The van der Waals surface area contributed by atoms with Crippen molar-refractivity contribution in [3.63, 3.8) is 0 Å². The van der Waals surface area contributed by atoms with Gasteiger partial charge in [0, 0.05) is 11.6 Å². The van der Waals surface area contributed by atoms with Crippen molar-refractivity contribution < 1.29 is 17.9 Å². The summed E-state index contributed by atoms with van der Waals surface area (Å²) in [6.07, 6.45) is -5.03. The molecule has 2 aromatic carbocycles. The predicted octanol–water partition coefficient (Wildman–Crippen LogP) is 4.35. The summed E-state index contributed by atoms with van der Waals surface area (Å²) in [6, 6.07) is 16.2. The Balaban J connectivity index is 1.78. The highest BCUT2D eigenvalue weighted by molar-refractivity contribution is 5.90. The molecule has 2 aliphatic heterocycles. The molecule has 0 amide bonds. The number of nitriles is 1. The van der Waals surface area contributed by atoms with Gasteiger partial charge in [0.1, 0.15) is 6.07 Å². The molecule has 0 fully saturated rings. The number of hydrogen-bond acceptors (Lipinski definition) is 5. The lowest BCUT2D eigenvalue weighted by molar-refractivity contribution is -0.137. The Hall–Kier alpha value is -3.47. The quantitative estimate of drug-likeness (QED) is 0.816. The molecule has 2 aliphatic rings. The molecule has 29 heavy (non-hydrogen) atoms. The third-order valence-corrected chi connectivity index (χ3v) is 5.22. The molecule has 2 heterocycles. The van der Waals surface area contributed by atoms with Gasteiger partial charge in [-0.1, -0.05) is 30.3 Å². The number of nitrogens with zero attached hydrogens (tertiary/aromatic N) is 3. The minimum Gasteiger partial charge on any atom is -0.452 e. The molecule has 0 radical (unpaired) electrons. The fourth-order valence-corrected chi connectivity index (χ4v) is 3.87. The van der Waals surface area contributed by atoms with Gasteiger partial charge in [0.15, 0.2) is 0 Å². The second-order valence-corrected chi connectivity index (χ2v) is 6.94. The topological polar surface area (TPSA) is 74.6 Å². The van der Waals surface area contributed by atoms with E-state index in [0.717, 1.165) is 17.8 Å². The lowest BCUT2D eigenvalue weighted by atomic mass is 9.76. The number of benzene rings is 2. The number of alkyl halides is 3. The summed E-state index contributed by atoms with van der Waals surface area (Å²) < 4.78 is 44.7. The predicted molar refractivity (Wildman–Crippen MR) is 101 cm³/mol. The van der Waals surface area contributed by atoms with Gasteiger partial charge in [-0.2, -0.15) is 23.5 Å². The molecule has 0 aliphatic carbocycles. The Kier molecular flexibility index (Phi) is 4.46. The number of nitrogens with two attached hydrogens (primary N) is 1. The first-order valence-electron chi connectivity index (χ1n) is 8.94. The standard InChI is InChI=1S/C21H17F3N4O/c1-12-17-18(13-7-9-14(10-8-13)21(22,23)24)16(11-25)19(26)29-20(17)28(27-12)15-5-3-2-4-6-15/h2-10,17-18,20H,26H2,1H3/t17-,18-,20-/m1/s1. The van der Waals surface area contributed by atoms with E-state index in [2.05, 4.69) is 11.2 Å². The van der Waals surface area contributed by atoms with E-state index in [1.54, 1.807) is 5.01 Å². The van der Waals surface area contributed by atoms with Crippen LogP contribution in [0.2, 0.25) is 0 Å². The number of halogens is 3. The van der Waals surface area contributed by atoms with E-state index in [9.17, 15) is 18.4 Å². The van der Waals surface area contributed by atoms with Crippen LogP contribution in [0.25, 0.3) is 0 Å². The molecule has 0 saturated carbocycles. The number of rotatable bonds is 2. The summed E-state index contributed by atoms with van der Waals surface area (Å²) in [7, 11) is 0. The summed E-state index contributed by atoms with van der Waals surface area (Å²) in [5, 5.41) is 15.9. The molecule has 2 N–H and O–H groups in total. The van der Waals surface area contributed by atoms with E-state index in [4.69, 9.17) is 10.5 Å². The van der Waals surface area contributed by atoms with Gasteiger partial charge in [0.05, 0.1) is 22.7 Å². The Morgan fingerprint density at radius 1 is 1.10 bits per heavy atom. The number of hydrogen-bond donors (Lipinski definition) is 1. The van der Waals surface area contributed by atoms with Crippen LogP contribution in [0.15, 0.2) is 71.2 Å². The zero-order valence-electron chi connectivity index (χ0n) is 15.4. The molecule has 8 heteroatoms. The highest BCUT2D eigenvalue weighted by Crippen LogP contribution is 2.46. The minimum absolute atomic E-state index is 0.0375. The zero-order valence-corrected chi connectivity index (χ0v) is 15.4. The molecule has 0 spiro atoms. The maximum Gasteiger partial charge on any atom is 0.416 e. The zero-order chi connectivity index (χ0) is 20.8. The highest BCUT2D eigenvalue weighted by atomic mass is 19.4. The second-order valence-electron chi connectivity index (χ2n) is 6.94. The van der Waals surface area contributed by atoms with Crippen molar-refractivity contribution in [3.05, 3.63) is 77.2 Å². The van der Waals surface area contributed by atoms with Crippen LogP contribution in [-0.2, 0) is 10.9 Å². The molecule has 0 saturated heterocycles. The first-order chi connectivity index (χ1) is 13.8. The number of hydrazone groups is 1. The molecule has 5 nitrogen and oxygen atoms in total. The number of fused-ring (bicyclic) bond motifs is 1. The van der Waals surface area contributed by atoms with Gasteiger partial charge in [-0.25, -0.2) is 5.01 Å². The third kappa shape index (κ3) is 3.18. The van der Waals surface area contributed by atoms with Crippen molar-refractivity contribution >= 4 is 11.4 Å². The second kappa shape index (κ2) is 6.85. The van der Waals surface area contributed by atoms with Gasteiger partial charge < -0.3 is 10.5 Å². The van der Waals surface area contributed by atoms with E-state index in [1.165, 1.54) is 12.1 Å². The van der Waals surface area contributed by atoms with Gasteiger partial charge in [-0.05, 0) is 36.8 Å². The SMILES string of the molecule is CC1=NN(c2ccccc2)[C@@H]2OC(N)=C(C#N)[C@@H](c3ccc(C(F)(F)F)cc3)[C@@H]12. The smallest absolute Gasteiger partial charge is 0.416 e. The third-order valence-electron chi connectivity index (χ3n) is 5.22. The van der Waals surface area contributed by atoms with Gasteiger partial charge in [0.2, 0.25) is 12.1 Å². The van der Waals surface area contributed by atoms with E-state index in [1.807, 2.05) is 37.3 Å². The molecule has 148 valence electrons. The normalized spacial score (nSPS) is 23.9. The van der Waals surface area contributed by atoms with E-state index < -0.39 is 23.9 Å². The molecular weight excluding hydrogens is 381 g/mol.